The van der Waals surface area contributed by atoms with E-state index in [0.29, 0.717) is 0 Å². The van der Waals surface area contributed by atoms with E-state index in [4.69, 9.17) is 0 Å². The molecule has 0 N–H and O–H groups in total. The van der Waals surface area contributed by atoms with Gasteiger partial charge in [-0.1, -0.05) is 36.4 Å². The largest absolute Gasteiger partial charge is 0.340 e. The first kappa shape index (κ1) is 9.79. The van der Waals surface area contributed by atoms with Gasteiger partial charge < -0.3 is 4.57 Å². The standard InChI is InChI=1S/C14H13NS/c16-10-9-15-13-7-3-1-5-11(13)12-6-2-4-8-14(12)15/h1-8,16H,9-10H2. The molecule has 16 heavy (non-hydrogen) atoms. The summed E-state index contributed by atoms with van der Waals surface area (Å²) in [5.41, 5.74) is 2.61. The number of fused-ring (bicyclic) bond motifs is 3. The van der Waals surface area contributed by atoms with Crippen LogP contribution >= 0.6 is 12.6 Å². The predicted molar refractivity (Wildman–Crippen MR) is 73.3 cm³/mol. The first-order valence-corrected chi connectivity index (χ1v) is 6.12. The summed E-state index contributed by atoms with van der Waals surface area (Å²) in [7, 11) is 0. The van der Waals surface area contributed by atoms with Crippen LogP contribution in [0.15, 0.2) is 48.5 Å². The van der Waals surface area contributed by atoms with Crippen molar-refractivity contribution in [2.75, 3.05) is 5.75 Å². The quantitative estimate of drug-likeness (QED) is 0.637. The van der Waals surface area contributed by atoms with Gasteiger partial charge in [-0.3, -0.25) is 0 Å². The molecule has 0 aliphatic rings. The molecule has 0 aliphatic heterocycles. The zero-order chi connectivity index (χ0) is 11.0. The number of hydrogen-bond donors (Lipinski definition) is 1. The van der Waals surface area contributed by atoms with Gasteiger partial charge in [0.1, 0.15) is 0 Å². The van der Waals surface area contributed by atoms with Gasteiger partial charge in [-0.15, -0.1) is 0 Å². The molecule has 0 atom stereocenters. The first-order chi connectivity index (χ1) is 7.92. The van der Waals surface area contributed by atoms with Gasteiger partial charge in [0.15, 0.2) is 0 Å². The van der Waals surface area contributed by atoms with Crippen LogP contribution in [0.3, 0.4) is 0 Å². The molecule has 0 saturated heterocycles. The molecule has 1 heterocycles. The highest BCUT2D eigenvalue weighted by molar-refractivity contribution is 7.80. The summed E-state index contributed by atoms with van der Waals surface area (Å²) < 4.78 is 2.34. The van der Waals surface area contributed by atoms with Gasteiger partial charge in [0.2, 0.25) is 0 Å². The monoisotopic (exact) mass is 227 g/mol. The van der Waals surface area contributed by atoms with Crippen LogP contribution in [-0.2, 0) is 6.54 Å². The average molecular weight is 227 g/mol. The van der Waals surface area contributed by atoms with Gasteiger partial charge >= 0.3 is 0 Å². The Hall–Kier alpha value is -1.41. The zero-order valence-electron chi connectivity index (χ0n) is 8.93. The van der Waals surface area contributed by atoms with Crippen LogP contribution < -0.4 is 0 Å². The number of aromatic nitrogens is 1. The van der Waals surface area contributed by atoms with Crippen molar-refractivity contribution in [1.29, 1.82) is 0 Å². The molecule has 0 saturated carbocycles. The Morgan fingerprint density at radius 1 is 0.812 bits per heavy atom. The highest BCUT2D eigenvalue weighted by atomic mass is 32.1. The summed E-state index contributed by atoms with van der Waals surface area (Å²) in [4.78, 5) is 0. The Labute approximate surface area is 100 Å². The van der Waals surface area contributed by atoms with Crippen molar-refractivity contribution in [2.24, 2.45) is 0 Å². The average Bonchev–Trinajstić information content (AvgIpc) is 2.66. The number of aryl methyl sites for hydroxylation is 1. The van der Waals surface area contributed by atoms with Crippen LogP contribution in [-0.4, -0.2) is 10.3 Å². The highest BCUT2D eigenvalue weighted by Gasteiger charge is 2.07. The smallest absolute Gasteiger partial charge is 0.0491 e. The van der Waals surface area contributed by atoms with Crippen LogP contribution in [0.25, 0.3) is 21.8 Å². The Bertz CT molecular complexity index is 586. The molecule has 1 nitrogen and oxygen atoms in total. The number of nitrogens with zero attached hydrogens (tertiary/aromatic N) is 1. The minimum atomic E-state index is 0.864. The van der Waals surface area contributed by atoms with Crippen molar-refractivity contribution in [2.45, 2.75) is 6.54 Å². The van der Waals surface area contributed by atoms with E-state index in [9.17, 15) is 0 Å². The lowest BCUT2D eigenvalue weighted by Gasteiger charge is -2.03. The molecule has 0 amide bonds. The Morgan fingerprint density at radius 2 is 1.31 bits per heavy atom. The Kier molecular flexibility index (Phi) is 2.37. The highest BCUT2D eigenvalue weighted by Crippen LogP contribution is 2.28. The van der Waals surface area contributed by atoms with E-state index >= 15 is 0 Å². The third-order valence-corrected chi connectivity index (χ3v) is 3.20. The Morgan fingerprint density at radius 3 is 1.81 bits per heavy atom. The lowest BCUT2D eigenvalue weighted by atomic mass is 10.2. The van der Waals surface area contributed by atoms with Crippen molar-refractivity contribution in [1.82, 2.24) is 4.57 Å². The molecule has 2 aromatic carbocycles. The topological polar surface area (TPSA) is 4.93 Å². The maximum Gasteiger partial charge on any atom is 0.0491 e. The van der Waals surface area contributed by atoms with E-state index in [-0.39, 0.29) is 0 Å². The normalized spacial score (nSPS) is 11.3. The fourth-order valence-electron chi connectivity index (χ4n) is 2.34. The van der Waals surface area contributed by atoms with Crippen molar-refractivity contribution < 1.29 is 0 Å². The molecule has 0 aliphatic carbocycles. The van der Waals surface area contributed by atoms with Gasteiger partial charge in [0.05, 0.1) is 0 Å². The molecule has 0 radical (unpaired) electrons. The molecular weight excluding hydrogens is 214 g/mol. The molecular formula is C14H13NS. The summed E-state index contributed by atoms with van der Waals surface area (Å²) >= 11 is 4.34. The maximum absolute atomic E-state index is 4.34. The summed E-state index contributed by atoms with van der Waals surface area (Å²) in [6.45, 7) is 0.955. The van der Waals surface area contributed by atoms with Gasteiger partial charge in [0.25, 0.3) is 0 Å². The van der Waals surface area contributed by atoms with Crippen LogP contribution in [0.1, 0.15) is 0 Å². The Balaban J connectivity index is 2.49. The second kappa shape index (κ2) is 3.87. The number of rotatable bonds is 2. The number of benzene rings is 2. The van der Waals surface area contributed by atoms with Crippen LogP contribution in [0.2, 0.25) is 0 Å². The molecule has 0 bridgehead atoms. The summed E-state index contributed by atoms with van der Waals surface area (Å²) in [5, 5.41) is 2.67. The molecule has 80 valence electrons. The molecule has 3 aromatic rings. The van der Waals surface area contributed by atoms with E-state index < -0.39 is 0 Å². The van der Waals surface area contributed by atoms with Crippen LogP contribution in [0.4, 0.5) is 0 Å². The lowest BCUT2D eigenvalue weighted by Crippen LogP contribution is -1.97. The number of para-hydroxylation sites is 2. The minimum Gasteiger partial charge on any atom is -0.340 e. The van der Waals surface area contributed by atoms with Gasteiger partial charge in [0, 0.05) is 34.1 Å². The summed E-state index contributed by atoms with van der Waals surface area (Å²) in [6.07, 6.45) is 0. The molecule has 0 spiro atoms. The molecule has 3 rings (SSSR count). The third kappa shape index (κ3) is 1.34. The summed E-state index contributed by atoms with van der Waals surface area (Å²) in [5.74, 6) is 0.864. The fourth-order valence-corrected chi connectivity index (χ4v) is 2.54. The zero-order valence-corrected chi connectivity index (χ0v) is 9.82. The van der Waals surface area contributed by atoms with E-state index in [0.717, 1.165) is 12.3 Å². The second-order valence-corrected chi connectivity index (χ2v) is 4.36. The summed E-state index contributed by atoms with van der Waals surface area (Å²) in [6, 6.07) is 17.1. The van der Waals surface area contributed by atoms with Gasteiger partial charge in [-0.2, -0.15) is 12.6 Å². The van der Waals surface area contributed by atoms with E-state index in [2.05, 4.69) is 65.7 Å². The third-order valence-electron chi connectivity index (χ3n) is 3.00. The van der Waals surface area contributed by atoms with Crippen LogP contribution in [0, 0.1) is 0 Å². The van der Waals surface area contributed by atoms with Crippen molar-refractivity contribution in [3.05, 3.63) is 48.5 Å². The lowest BCUT2D eigenvalue weighted by molar-refractivity contribution is 0.840. The van der Waals surface area contributed by atoms with E-state index in [1.165, 1.54) is 21.8 Å². The van der Waals surface area contributed by atoms with Gasteiger partial charge in [-0.25, -0.2) is 0 Å². The van der Waals surface area contributed by atoms with Crippen molar-refractivity contribution in [3.8, 4) is 0 Å². The fraction of sp³-hybridized carbons (Fsp3) is 0.143. The van der Waals surface area contributed by atoms with E-state index in [1.54, 1.807) is 0 Å². The van der Waals surface area contributed by atoms with E-state index in [1.807, 2.05) is 0 Å². The molecule has 1 aromatic heterocycles. The molecule has 0 fully saturated rings. The number of thiol groups is 1. The van der Waals surface area contributed by atoms with Crippen LogP contribution in [0.5, 0.6) is 0 Å². The molecule has 2 heteroatoms. The number of hydrogen-bond acceptors (Lipinski definition) is 1. The predicted octanol–water partition coefficient (Wildman–Crippen LogP) is 3.72. The maximum atomic E-state index is 4.34. The minimum absolute atomic E-state index is 0.864. The first-order valence-electron chi connectivity index (χ1n) is 5.48. The SMILES string of the molecule is SCCn1c2ccccc2c2ccccc21. The van der Waals surface area contributed by atoms with Crippen molar-refractivity contribution in [3.63, 3.8) is 0 Å². The van der Waals surface area contributed by atoms with Gasteiger partial charge in [-0.05, 0) is 12.1 Å². The second-order valence-electron chi connectivity index (χ2n) is 3.91. The van der Waals surface area contributed by atoms with Crippen molar-refractivity contribution >= 4 is 34.4 Å². The molecule has 0 unspecified atom stereocenters.